The highest BCUT2D eigenvalue weighted by atomic mass is 14.4. The molecule has 0 atom stereocenters. The summed E-state index contributed by atoms with van der Waals surface area (Å²) in [5.41, 5.74) is 1.46. The Morgan fingerprint density at radius 2 is 1.45 bits per heavy atom. The number of allylic oxidation sites excluding steroid dienone is 5. The smallest absolute Gasteiger partial charge is 0.0162 e. The Hall–Kier alpha value is -0.780. The third kappa shape index (κ3) is 4.11. The lowest BCUT2D eigenvalue weighted by atomic mass is 9.68. The molecule has 0 heterocycles. The highest BCUT2D eigenvalue weighted by molar-refractivity contribution is 5.25. The van der Waals surface area contributed by atoms with Crippen molar-refractivity contribution in [1.82, 2.24) is 0 Å². The maximum atomic E-state index is 4.00. The van der Waals surface area contributed by atoms with Crippen molar-refractivity contribution in [3.8, 4) is 0 Å². The quantitative estimate of drug-likeness (QED) is 0.526. The van der Waals surface area contributed by atoms with E-state index in [4.69, 9.17) is 0 Å². The second kappa shape index (κ2) is 7.86. The molecule has 0 amide bonds. The van der Waals surface area contributed by atoms with E-state index in [1.807, 2.05) is 0 Å². The predicted octanol–water partition coefficient (Wildman–Crippen LogP) is 6.31. The van der Waals surface area contributed by atoms with Gasteiger partial charge in [0.25, 0.3) is 0 Å². The molecule has 0 N–H and O–H groups in total. The van der Waals surface area contributed by atoms with Crippen LogP contribution >= 0.6 is 0 Å². The zero-order valence-electron chi connectivity index (χ0n) is 13.5. The molecule has 0 aromatic carbocycles. The minimum absolute atomic E-state index is 0.766. The maximum absolute atomic E-state index is 4.00. The van der Waals surface area contributed by atoms with Gasteiger partial charge in [0, 0.05) is 0 Å². The molecular formula is C20H32. The highest BCUT2D eigenvalue weighted by Crippen LogP contribution is 2.42. The molecule has 0 radical (unpaired) electrons. The van der Waals surface area contributed by atoms with Gasteiger partial charge in [-0.1, -0.05) is 50.6 Å². The van der Waals surface area contributed by atoms with Crippen molar-refractivity contribution in [2.24, 2.45) is 23.7 Å². The summed E-state index contributed by atoms with van der Waals surface area (Å²) in [7, 11) is 0. The molecule has 2 saturated carbocycles. The van der Waals surface area contributed by atoms with Crippen LogP contribution in [0.2, 0.25) is 0 Å². The van der Waals surface area contributed by atoms with Crippen LogP contribution in [0.1, 0.15) is 65.2 Å². The largest absolute Gasteiger partial charge is 0.0988 e. The topological polar surface area (TPSA) is 0 Å². The van der Waals surface area contributed by atoms with Crippen LogP contribution in [0.5, 0.6) is 0 Å². The van der Waals surface area contributed by atoms with Crippen molar-refractivity contribution < 1.29 is 0 Å². The normalized spacial score (nSPS) is 36.2. The predicted molar refractivity (Wildman–Crippen MR) is 89.7 cm³/mol. The Morgan fingerprint density at radius 1 is 0.900 bits per heavy atom. The molecule has 2 rings (SSSR count). The molecule has 0 aromatic rings. The van der Waals surface area contributed by atoms with Crippen LogP contribution < -0.4 is 0 Å². The zero-order valence-corrected chi connectivity index (χ0v) is 13.5. The van der Waals surface area contributed by atoms with Gasteiger partial charge in [-0.05, 0) is 74.7 Å². The van der Waals surface area contributed by atoms with Gasteiger partial charge in [0.1, 0.15) is 0 Å². The third-order valence-corrected chi connectivity index (χ3v) is 5.69. The van der Waals surface area contributed by atoms with E-state index < -0.39 is 0 Å². The SMILES string of the molecule is C=C/C(=C\C=C\C)C1CCC(C2CCC(C)CC2)CC1. The molecule has 0 heteroatoms. The summed E-state index contributed by atoms with van der Waals surface area (Å²) in [4.78, 5) is 0. The van der Waals surface area contributed by atoms with E-state index >= 15 is 0 Å². The first-order valence-corrected chi connectivity index (χ1v) is 8.69. The van der Waals surface area contributed by atoms with E-state index in [-0.39, 0.29) is 0 Å². The van der Waals surface area contributed by atoms with Crippen molar-refractivity contribution in [2.45, 2.75) is 65.2 Å². The Bertz CT molecular complexity index is 344. The average molecular weight is 272 g/mol. The van der Waals surface area contributed by atoms with Crippen LogP contribution in [-0.2, 0) is 0 Å². The summed E-state index contributed by atoms with van der Waals surface area (Å²) in [5, 5.41) is 0. The summed E-state index contributed by atoms with van der Waals surface area (Å²) >= 11 is 0. The molecule has 2 fully saturated rings. The second-order valence-electron chi connectivity index (χ2n) is 7.03. The Labute approximate surface area is 126 Å². The van der Waals surface area contributed by atoms with Crippen LogP contribution in [0.15, 0.2) is 36.5 Å². The average Bonchev–Trinajstić information content (AvgIpc) is 2.49. The zero-order chi connectivity index (χ0) is 14.4. The maximum Gasteiger partial charge on any atom is -0.0162 e. The monoisotopic (exact) mass is 272 g/mol. The molecule has 0 unspecified atom stereocenters. The van der Waals surface area contributed by atoms with Crippen molar-refractivity contribution >= 4 is 0 Å². The molecule has 2 aliphatic rings. The van der Waals surface area contributed by atoms with E-state index in [1.54, 1.807) is 0 Å². The molecule has 2 aliphatic carbocycles. The summed E-state index contributed by atoms with van der Waals surface area (Å²) < 4.78 is 0. The molecule has 0 aromatic heterocycles. The fourth-order valence-corrected chi connectivity index (χ4v) is 4.26. The van der Waals surface area contributed by atoms with Crippen molar-refractivity contribution in [2.75, 3.05) is 0 Å². The van der Waals surface area contributed by atoms with E-state index in [2.05, 4.69) is 44.7 Å². The molecule has 0 nitrogen and oxygen atoms in total. The standard InChI is InChI=1S/C20H32/c1-4-6-7-17(5-2)18-12-14-20(15-13-18)19-10-8-16(3)9-11-19/h4-7,16,18-20H,2,8-15H2,1,3H3/b6-4+,17-7+. The first-order valence-electron chi connectivity index (χ1n) is 8.69. The van der Waals surface area contributed by atoms with Crippen LogP contribution in [0.4, 0.5) is 0 Å². The van der Waals surface area contributed by atoms with Crippen molar-refractivity contribution in [3.63, 3.8) is 0 Å². The van der Waals surface area contributed by atoms with Crippen molar-refractivity contribution in [3.05, 3.63) is 36.5 Å². The van der Waals surface area contributed by atoms with Gasteiger partial charge in [-0.2, -0.15) is 0 Å². The number of rotatable bonds is 4. The van der Waals surface area contributed by atoms with Gasteiger partial charge >= 0.3 is 0 Å². The van der Waals surface area contributed by atoms with Crippen molar-refractivity contribution in [1.29, 1.82) is 0 Å². The van der Waals surface area contributed by atoms with Gasteiger partial charge in [0.2, 0.25) is 0 Å². The van der Waals surface area contributed by atoms with E-state index in [1.165, 1.54) is 56.9 Å². The third-order valence-electron chi connectivity index (χ3n) is 5.69. The molecular weight excluding hydrogens is 240 g/mol. The fourth-order valence-electron chi connectivity index (χ4n) is 4.26. The first-order chi connectivity index (χ1) is 9.74. The first kappa shape index (κ1) is 15.6. The second-order valence-corrected chi connectivity index (χ2v) is 7.03. The van der Waals surface area contributed by atoms with Gasteiger partial charge in [0.05, 0.1) is 0 Å². The van der Waals surface area contributed by atoms with Gasteiger partial charge in [-0.25, -0.2) is 0 Å². The van der Waals surface area contributed by atoms with E-state index in [9.17, 15) is 0 Å². The summed E-state index contributed by atoms with van der Waals surface area (Å²) in [6.45, 7) is 8.51. The molecule has 0 spiro atoms. The Morgan fingerprint density at radius 3 is 1.95 bits per heavy atom. The molecule has 20 heavy (non-hydrogen) atoms. The molecule has 0 aliphatic heterocycles. The molecule has 0 bridgehead atoms. The molecule has 0 saturated heterocycles. The summed E-state index contributed by atoms with van der Waals surface area (Å²) in [5.74, 6) is 3.81. The summed E-state index contributed by atoms with van der Waals surface area (Å²) in [6, 6.07) is 0. The molecule has 112 valence electrons. The van der Waals surface area contributed by atoms with E-state index in [0.29, 0.717) is 0 Å². The minimum atomic E-state index is 0.766. The highest BCUT2D eigenvalue weighted by Gasteiger charge is 2.30. The Balaban J connectivity index is 1.84. The lowest BCUT2D eigenvalue weighted by Crippen LogP contribution is -2.25. The lowest BCUT2D eigenvalue weighted by molar-refractivity contribution is 0.159. The van der Waals surface area contributed by atoms with Gasteiger partial charge < -0.3 is 0 Å². The van der Waals surface area contributed by atoms with Gasteiger partial charge in [-0.15, -0.1) is 0 Å². The van der Waals surface area contributed by atoms with Crippen LogP contribution in [-0.4, -0.2) is 0 Å². The van der Waals surface area contributed by atoms with Crippen LogP contribution in [0.25, 0.3) is 0 Å². The minimum Gasteiger partial charge on any atom is -0.0988 e. The van der Waals surface area contributed by atoms with Crippen LogP contribution in [0, 0.1) is 23.7 Å². The van der Waals surface area contributed by atoms with Gasteiger partial charge in [0.15, 0.2) is 0 Å². The summed E-state index contributed by atoms with van der Waals surface area (Å²) in [6.07, 6.45) is 20.2. The number of hydrogen-bond acceptors (Lipinski definition) is 0. The Kier molecular flexibility index (Phi) is 6.13. The van der Waals surface area contributed by atoms with Crippen LogP contribution in [0.3, 0.4) is 0 Å². The number of hydrogen-bond donors (Lipinski definition) is 0. The van der Waals surface area contributed by atoms with Gasteiger partial charge in [-0.3, -0.25) is 0 Å². The van der Waals surface area contributed by atoms with E-state index in [0.717, 1.165) is 23.7 Å². The lowest BCUT2D eigenvalue weighted by Gasteiger charge is -2.37. The fraction of sp³-hybridized carbons (Fsp3) is 0.700.